The maximum absolute atomic E-state index is 12.4. The molecule has 3 atom stereocenters. The molecular weight excluding hydrogens is 394 g/mol. The normalized spacial score (nSPS) is 22.3. The Balaban J connectivity index is 1.68. The van der Waals surface area contributed by atoms with Crippen LogP contribution in [0.4, 0.5) is 0 Å². The molecule has 2 fully saturated rings. The van der Waals surface area contributed by atoms with Crippen LogP contribution in [0.1, 0.15) is 59.3 Å². The van der Waals surface area contributed by atoms with E-state index in [9.17, 15) is 4.79 Å². The van der Waals surface area contributed by atoms with E-state index < -0.39 is 0 Å². The molecule has 0 spiro atoms. The van der Waals surface area contributed by atoms with Crippen molar-refractivity contribution in [1.29, 1.82) is 0 Å². The van der Waals surface area contributed by atoms with Crippen LogP contribution < -0.4 is 0 Å². The van der Waals surface area contributed by atoms with Crippen LogP contribution >= 0.6 is 0 Å². The van der Waals surface area contributed by atoms with E-state index in [0.717, 1.165) is 31.6 Å². The van der Waals surface area contributed by atoms with Crippen LogP contribution in [-0.2, 0) is 6.42 Å². The molecule has 0 aliphatic carbocycles. The second kappa shape index (κ2) is 10.0. The summed E-state index contributed by atoms with van der Waals surface area (Å²) >= 11 is 0. The largest absolute Gasteiger partial charge is 0.345 e. The predicted molar refractivity (Wildman–Crippen MR) is 132 cm³/mol. The van der Waals surface area contributed by atoms with Crippen LogP contribution in [-0.4, -0.2) is 66.4 Å². The number of fused-ring (bicyclic) bond motifs is 2. The van der Waals surface area contributed by atoms with Crippen molar-refractivity contribution in [2.45, 2.75) is 50.7 Å². The lowest BCUT2D eigenvalue weighted by atomic mass is 9.93. The SMILES string of the molecule is C=CCN1C2CCC1CN(C(c1ccc(C(=O)N(C)C)cc1)c1cccc(CC)c1)CC2. The Morgan fingerprint density at radius 1 is 1.09 bits per heavy atom. The first kappa shape index (κ1) is 22.8. The zero-order valence-electron chi connectivity index (χ0n) is 19.8. The zero-order chi connectivity index (χ0) is 22.7. The summed E-state index contributed by atoms with van der Waals surface area (Å²) in [7, 11) is 3.60. The van der Waals surface area contributed by atoms with Gasteiger partial charge in [-0.2, -0.15) is 0 Å². The zero-order valence-corrected chi connectivity index (χ0v) is 19.8. The minimum absolute atomic E-state index is 0.0493. The monoisotopic (exact) mass is 431 g/mol. The van der Waals surface area contributed by atoms with Gasteiger partial charge in [0.2, 0.25) is 0 Å². The van der Waals surface area contributed by atoms with Crippen molar-refractivity contribution in [1.82, 2.24) is 14.7 Å². The van der Waals surface area contributed by atoms with Gasteiger partial charge < -0.3 is 4.90 Å². The summed E-state index contributed by atoms with van der Waals surface area (Å²) < 4.78 is 0. The van der Waals surface area contributed by atoms with Gasteiger partial charge in [0.1, 0.15) is 0 Å². The van der Waals surface area contributed by atoms with Crippen LogP contribution in [0.3, 0.4) is 0 Å². The summed E-state index contributed by atoms with van der Waals surface area (Å²) in [5, 5.41) is 0. The quantitative estimate of drug-likeness (QED) is 0.591. The van der Waals surface area contributed by atoms with Crippen molar-refractivity contribution in [2.24, 2.45) is 0 Å². The highest BCUT2D eigenvalue weighted by molar-refractivity contribution is 5.93. The first-order valence-corrected chi connectivity index (χ1v) is 12.0. The lowest BCUT2D eigenvalue weighted by molar-refractivity contribution is 0.0827. The first-order chi connectivity index (χ1) is 15.5. The molecule has 2 bridgehead atoms. The summed E-state index contributed by atoms with van der Waals surface area (Å²) in [4.78, 5) is 19.4. The van der Waals surface area contributed by atoms with Crippen LogP contribution in [0.15, 0.2) is 61.2 Å². The van der Waals surface area contributed by atoms with Crippen LogP contribution in [0.5, 0.6) is 0 Å². The fourth-order valence-corrected chi connectivity index (χ4v) is 5.54. The number of carbonyl (C=O) groups is 1. The number of hydrogen-bond donors (Lipinski definition) is 0. The van der Waals surface area contributed by atoms with E-state index in [4.69, 9.17) is 0 Å². The molecule has 4 rings (SSSR count). The molecule has 0 radical (unpaired) electrons. The summed E-state index contributed by atoms with van der Waals surface area (Å²) in [6, 6.07) is 18.8. The molecule has 32 heavy (non-hydrogen) atoms. The van der Waals surface area contributed by atoms with Crippen molar-refractivity contribution in [3.05, 3.63) is 83.4 Å². The Labute approximate surface area is 193 Å². The summed E-state index contributed by atoms with van der Waals surface area (Å²) in [5.74, 6) is 0.0493. The Kier molecular flexibility index (Phi) is 7.12. The first-order valence-electron chi connectivity index (χ1n) is 12.0. The third kappa shape index (κ3) is 4.67. The van der Waals surface area contributed by atoms with Crippen molar-refractivity contribution in [3.8, 4) is 0 Å². The van der Waals surface area contributed by atoms with Crippen LogP contribution in [0.2, 0.25) is 0 Å². The average Bonchev–Trinajstić information content (AvgIpc) is 3.09. The molecule has 0 N–H and O–H groups in total. The van der Waals surface area contributed by atoms with Gasteiger partial charge in [0.05, 0.1) is 6.04 Å². The van der Waals surface area contributed by atoms with Gasteiger partial charge in [0, 0.05) is 51.4 Å². The maximum atomic E-state index is 12.4. The van der Waals surface area contributed by atoms with Crippen LogP contribution in [0.25, 0.3) is 0 Å². The van der Waals surface area contributed by atoms with Gasteiger partial charge in [-0.15, -0.1) is 6.58 Å². The summed E-state index contributed by atoms with van der Waals surface area (Å²) in [6.45, 7) is 9.37. The molecule has 2 aromatic carbocycles. The molecular formula is C28H37N3O. The molecule has 4 heteroatoms. The molecule has 2 aromatic rings. The third-order valence-electron chi connectivity index (χ3n) is 7.23. The second-order valence-electron chi connectivity index (χ2n) is 9.48. The van der Waals surface area contributed by atoms with Gasteiger partial charge in [-0.05, 0) is 54.5 Å². The van der Waals surface area contributed by atoms with Crippen LogP contribution in [0, 0.1) is 0 Å². The standard InChI is InChI=1S/C28H37N3O/c1-5-17-31-25-14-15-26(31)20-30(18-16-25)27(24-9-7-8-21(6-2)19-24)22-10-12-23(13-11-22)28(32)29(3)4/h5,7-13,19,25-27H,1,6,14-18,20H2,2-4H3. The van der Waals surface area contributed by atoms with Crippen molar-refractivity contribution in [3.63, 3.8) is 0 Å². The highest BCUT2D eigenvalue weighted by Gasteiger charge is 2.38. The van der Waals surface area contributed by atoms with E-state index in [-0.39, 0.29) is 11.9 Å². The Bertz CT molecular complexity index is 936. The number of nitrogens with zero attached hydrogens (tertiary/aromatic N) is 3. The number of rotatable bonds is 7. The number of likely N-dealkylation sites (tertiary alicyclic amines) is 1. The van der Waals surface area contributed by atoms with Gasteiger partial charge in [0.15, 0.2) is 0 Å². The van der Waals surface area contributed by atoms with E-state index in [0.29, 0.717) is 12.1 Å². The molecule has 3 unspecified atom stereocenters. The number of carbonyl (C=O) groups excluding carboxylic acids is 1. The minimum Gasteiger partial charge on any atom is -0.345 e. The Hall–Kier alpha value is -2.43. The van der Waals surface area contributed by atoms with Gasteiger partial charge in [0.25, 0.3) is 5.91 Å². The van der Waals surface area contributed by atoms with Crippen molar-refractivity contribution >= 4 is 5.91 Å². The van der Waals surface area contributed by atoms with E-state index in [2.05, 4.69) is 65.8 Å². The number of aryl methyl sites for hydroxylation is 1. The summed E-state index contributed by atoms with van der Waals surface area (Å²) in [5.41, 5.74) is 4.73. The van der Waals surface area contributed by atoms with Gasteiger partial charge in [-0.1, -0.05) is 49.4 Å². The van der Waals surface area contributed by atoms with E-state index in [1.807, 2.05) is 12.1 Å². The molecule has 2 aliphatic rings. The third-order valence-corrected chi connectivity index (χ3v) is 7.23. The van der Waals surface area contributed by atoms with Crippen molar-refractivity contribution in [2.75, 3.05) is 33.7 Å². The average molecular weight is 432 g/mol. The molecule has 1 amide bonds. The fourth-order valence-electron chi connectivity index (χ4n) is 5.54. The highest BCUT2D eigenvalue weighted by atomic mass is 16.2. The molecule has 0 saturated carbocycles. The van der Waals surface area contributed by atoms with Crippen molar-refractivity contribution < 1.29 is 4.79 Å². The molecule has 170 valence electrons. The topological polar surface area (TPSA) is 26.8 Å². The second-order valence-corrected chi connectivity index (χ2v) is 9.48. The lowest BCUT2D eigenvalue weighted by Crippen LogP contribution is -2.40. The molecule has 4 nitrogen and oxygen atoms in total. The molecule has 2 aliphatic heterocycles. The smallest absolute Gasteiger partial charge is 0.253 e. The van der Waals surface area contributed by atoms with Gasteiger partial charge in [-0.3, -0.25) is 14.6 Å². The van der Waals surface area contributed by atoms with E-state index in [1.54, 1.807) is 19.0 Å². The van der Waals surface area contributed by atoms with E-state index in [1.165, 1.54) is 36.0 Å². The predicted octanol–water partition coefficient (Wildman–Crippen LogP) is 4.76. The highest BCUT2D eigenvalue weighted by Crippen LogP contribution is 2.36. The van der Waals surface area contributed by atoms with Gasteiger partial charge >= 0.3 is 0 Å². The molecule has 0 aromatic heterocycles. The van der Waals surface area contributed by atoms with Gasteiger partial charge in [-0.25, -0.2) is 0 Å². The number of hydrogen-bond acceptors (Lipinski definition) is 3. The Morgan fingerprint density at radius 2 is 1.84 bits per heavy atom. The minimum atomic E-state index is 0.0493. The lowest BCUT2D eigenvalue weighted by Gasteiger charge is -2.34. The fraction of sp³-hybridized carbons (Fsp3) is 0.464. The Morgan fingerprint density at radius 3 is 2.53 bits per heavy atom. The summed E-state index contributed by atoms with van der Waals surface area (Å²) in [6.07, 6.45) is 6.88. The maximum Gasteiger partial charge on any atom is 0.253 e. The molecule has 2 saturated heterocycles. The van der Waals surface area contributed by atoms with E-state index >= 15 is 0 Å². The number of benzene rings is 2. The molecule has 2 heterocycles. The number of amides is 1.